The summed E-state index contributed by atoms with van der Waals surface area (Å²) in [7, 11) is 0. The van der Waals surface area contributed by atoms with Gasteiger partial charge in [-0.1, -0.05) is 13.8 Å². The fourth-order valence-corrected chi connectivity index (χ4v) is 7.30. The Morgan fingerprint density at radius 3 is 2.62 bits per heavy atom. The molecule has 0 bridgehead atoms. The highest BCUT2D eigenvalue weighted by Crippen LogP contribution is 2.65. The fraction of sp³-hybridized carbons (Fsp3) is 0.947. The number of ketones is 1. The van der Waals surface area contributed by atoms with Crippen LogP contribution in [-0.2, 0) is 4.79 Å². The van der Waals surface area contributed by atoms with Crippen LogP contribution < -0.4 is 0 Å². The highest BCUT2D eigenvalue weighted by Gasteiger charge is 2.60. The van der Waals surface area contributed by atoms with E-state index in [0.717, 1.165) is 30.6 Å². The molecule has 0 amide bonds. The minimum atomic E-state index is 0.0358. The molecule has 0 aromatic rings. The van der Waals surface area contributed by atoms with E-state index in [2.05, 4.69) is 13.8 Å². The van der Waals surface area contributed by atoms with Crippen LogP contribution in [-0.4, -0.2) is 11.2 Å². The molecule has 0 aromatic carbocycles. The van der Waals surface area contributed by atoms with Crippen LogP contribution >= 0.6 is 11.6 Å². The third-order valence-corrected chi connectivity index (χ3v) is 8.71. The van der Waals surface area contributed by atoms with Crippen LogP contribution in [0.4, 0.5) is 0 Å². The summed E-state index contributed by atoms with van der Waals surface area (Å²) in [5.74, 6) is 3.79. The van der Waals surface area contributed by atoms with E-state index < -0.39 is 0 Å². The van der Waals surface area contributed by atoms with Gasteiger partial charge in [0.15, 0.2) is 0 Å². The second kappa shape index (κ2) is 4.73. The van der Waals surface area contributed by atoms with Gasteiger partial charge in [-0.25, -0.2) is 0 Å². The first-order valence-corrected chi connectivity index (χ1v) is 9.56. The molecule has 4 saturated carbocycles. The maximum absolute atomic E-state index is 12.4. The highest BCUT2D eigenvalue weighted by molar-refractivity contribution is 6.20. The number of carbonyl (C=O) groups is 1. The van der Waals surface area contributed by atoms with Gasteiger partial charge in [0.05, 0.1) is 0 Å². The average Bonchev–Trinajstić information content (AvgIpc) is 2.76. The Hall–Kier alpha value is -0.0400. The van der Waals surface area contributed by atoms with Gasteiger partial charge in [0.25, 0.3) is 0 Å². The molecule has 4 aliphatic rings. The van der Waals surface area contributed by atoms with E-state index in [1.165, 1.54) is 44.9 Å². The second-order valence-corrected chi connectivity index (χ2v) is 9.56. The average molecular weight is 309 g/mol. The summed E-state index contributed by atoms with van der Waals surface area (Å²) in [6, 6.07) is 0. The van der Waals surface area contributed by atoms with Crippen molar-refractivity contribution in [1.82, 2.24) is 0 Å². The van der Waals surface area contributed by atoms with Crippen LogP contribution in [0.1, 0.15) is 71.6 Å². The van der Waals surface area contributed by atoms with Crippen molar-refractivity contribution < 1.29 is 4.79 Å². The van der Waals surface area contributed by atoms with Crippen LogP contribution in [0.25, 0.3) is 0 Å². The van der Waals surface area contributed by atoms with Crippen molar-refractivity contribution in [1.29, 1.82) is 0 Å². The smallest absolute Gasteiger partial charge is 0.139 e. The van der Waals surface area contributed by atoms with Crippen molar-refractivity contribution in [3.05, 3.63) is 0 Å². The number of rotatable bonds is 0. The summed E-state index contributed by atoms with van der Waals surface area (Å²) >= 11 is 6.46. The van der Waals surface area contributed by atoms with Crippen LogP contribution in [0, 0.1) is 34.5 Å². The van der Waals surface area contributed by atoms with E-state index in [-0.39, 0.29) is 5.41 Å². The predicted octanol–water partition coefficient (Wildman–Crippen LogP) is 5.21. The monoisotopic (exact) mass is 308 g/mol. The Morgan fingerprint density at radius 2 is 1.81 bits per heavy atom. The molecule has 118 valence electrons. The van der Waals surface area contributed by atoms with Crippen LogP contribution in [0.2, 0.25) is 0 Å². The van der Waals surface area contributed by atoms with Gasteiger partial charge in [0.2, 0.25) is 0 Å². The van der Waals surface area contributed by atoms with Crippen molar-refractivity contribution in [2.45, 2.75) is 77.0 Å². The van der Waals surface area contributed by atoms with Crippen LogP contribution in [0.3, 0.4) is 0 Å². The zero-order valence-corrected chi connectivity index (χ0v) is 14.3. The number of carbonyl (C=O) groups excluding carboxylic acids is 1. The summed E-state index contributed by atoms with van der Waals surface area (Å²) in [6.07, 6.45) is 11.0. The predicted molar refractivity (Wildman–Crippen MR) is 86.4 cm³/mol. The van der Waals surface area contributed by atoms with Gasteiger partial charge < -0.3 is 0 Å². The third kappa shape index (κ3) is 1.92. The van der Waals surface area contributed by atoms with Gasteiger partial charge in [-0.15, -0.1) is 11.6 Å². The van der Waals surface area contributed by atoms with Gasteiger partial charge in [-0.2, -0.15) is 0 Å². The van der Waals surface area contributed by atoms with Gasteiger partial charge >= 0.3 is 0 Å². The number of halogens is 1. The fourth-order valence-electron chi connectivity index (χ4n) is 6.98. The lowest BCUT2D eigenvalue weighted by Crippen LogP contribution is -2.53. The van der Waals surface area contributed by atoms with Gasteiger partial charge in [0.1, 0.15) is 5.78 Å². The molecule has 4 aliphatic carbocycles. The van der Waals surface area contributed by atoms with Gasteiger partial charge in [-0.3, -0.25) is 4.79 Å². The lowest BCUT2D eigenvalue weighted by molar-refractivity contribution is -0.138. The highest BCUT2D eigenvalue weighted by atomic mass is 35.5. The molecule has 0 radical (unpaired) electrons. The second-order valence-electron chi connectivity index (χ2n) is 8.95. The molecule has 0 aliphatic heterocycles. The normalized spacial score (nSPS) is 56.5. The van der Waals surface area contributed by atoms with Crippen molar-refractivity contribution in [2.24, 2.45) is 34.5 Å². The molecule has 7 atom stereocenters. The molecule has 0 N–H and O–H groups in total. The van der Waals surface area contributed by atoms with Gasteiger partial charge in [0, 0.05) is 17.2 Å². The molecule has 4 rings (SSSR count). The van der Waals surface area contributed by atoms with E-state index in [1.54, 1.807) is 0 Å². The van der Waals surface area contributed by atoms with Crippen LogP contribution in [0.5, 0.6) is 0 Å². The Bertz CT molecular complexity index is 460. The molecule has 0 spiro atoms. The number of hydrogen-bond acceptors (Lipinski definition) is 1. The van der Waals surface area contributed by atoms with Crippen LogP contribution in [0.15, 0.2) is 0 Å². The Kier molecular flexibility index (Phi) is 3.27. The summed E-state index contributed by atoms with van der Waals surface area (Å²) in [5, 5.41) is 0.418. The Labute approximate surface area is 134 Å². The first-order chi connectivity index (χ1) is 9.95. The maximum atomic E-state index is 12.4. The van der Waals surface area contributed by atoms with Crippen molar-refractivity contribution >= 4 is 17.4 Å². The quantitative estimate of drug-likeness (QED) is 0.562. The SMILES string of the molecule is C[C@]12CC[C@@H](Cl)C[C@@H]1CC[C@H]1[C@H]3CCC(=O)[C@@]3(C)CC[C@@H]12. The molecule has 0 saturated heterocycles. The summed E-state index contributed by atoms with van der Waals surface area (Å²) < 4.78 is 0. The number of alkyl halides is 1. The van der Waals surface area contributed by atoms with E-state index >= 15 is 0 Å². The van der Waals surface area contributed by atoms with Crippen molar-refractivity contribution in [3.63, 3.8) is 0 Å². The Morgan fingerprint density at radius 1 is 1.00 bits per heavy atom. The largest absolute Gasteiger partial charge is 0.299 e. The molecule has 0 heterocycles. The molecule has 1 nitrogen and oxygen atoms in total. The zero-order valence-electron chi connectivity index (χ0n) is 13.5. The van der Waals surface area contributed by atoms with E-state index in [9.17, 15) is 4.79 Å². The molecular formula is C19H29ClO. The van der Waals surface area contributed by atoms with E-state index in [4.69, 9.17) is 11.6 Å². The minimum absolute atomic E-state index is 0.0358. The molecule has 2 heteroatoms. The lowest BCUT2D eigenvalue weighted by atomic mass is 9.45. The van der Waals surface area contributed by atoms with E-state index in [0.29, 0.717) is 22.5 Å². The third-order valence-electron chi connectivity index (χ3n) is 8.31. The minimum Gasteiger partial charge on any atom is -0.299 e. The first-order valence-electron chi connectivity index (χ1n) is 9.12. The molecular weight excluding hydrogens is 280 g/mol. The van der Waals surface area contributed by atoms with Crippen molar-refractivity contribution in [2.75, 3.05) is 0 Å². The van der Waals surface area contributed by atoms with Gasteiger partial charge in [-0.05, 0) is 80.5 Å². The van der Waals surface area contributed by atoms with E-state index in [1.807, 2.05) is 0 Å². The summed E-state index contributed by atoms with van der Waals surface area (Å²) in [6.45, 7) is 4.85. The van der Waals surface area contributed by atoms with Crippen molar-refractivity contribution in [3.8, 4) is 0 Å². The molecule has 21 heavy (non-hydrogen) atoms. The Balaban J connectivity index is 1.64. The summed E-state index contributed by atoms with van der Waals surface area (Å²) in [5.41, 5.74) is 0.551. The number of Topliss-reactive ketones (excluding diaryl/α,β-unsaturated/α-hetero) is 1. The standard InChI is InChI=1S/C19H29ClO/c1-18-9-7-13(20)11-12(18)3-4-14-15-5-6-17(21)19(15,2)10-8-16(14)18/h12-16H,3-11H2,1-2H3/t12-,13+,14-,15+,16-,18-,19-/m0/s1. The molecule has 0 unspecified atom stereocenters. The maximum Gasteiger partial charge on any atom is 0.139 e. The number of fused-ring (bicyclic) bond motifs is 5. The number of hydrogen-bond donors (Lipinski definition) is 0. The molecule has 4 fully saturated rings. The zero-order chi connectivity index (χ0) is 14.8. The lowest BCUT2D eigenvalue weighted by Gasteiger charge is -2.60. The topological polar surface area (TPSA) is 17.1 Å². The first kappa shape index (κ1) is 14.5. The molecule has 0 aromatic heterocycles. The summed E-state index contributed by atoms with van der Waals surface area (Å²) in [4.78, 5) is 12.4.